The molecule has 1 aliphatic heterocycles. The molecular weight excluding hydrogens is 326 g/mol. The molecule has 0 bridgehead atoms. The van der Waals surface area contributed by atoms with Crippen molar-refractivity contribution in [2.75, 3.05) is 11.4 Å². The molecule has 6 nitrogen and oxygen atoms in total. The molecule has 4 rings (SSSR count). The van der Waals surface area contributed by atoms with Crippen LogP contribution in [0.2, 0.25) is 0 Å². The predicted octanol–water partition coefficient (Wildman–Crippen LogP) is 3.06. The number of aromatic nitrogens is 4. The van der Waals surface area contributed by atoms with Gasteiger partial charge in [0.05, 0.1) is 11.8 Å². The fourth-order valence-corrected chi connectivity index (χ4v) is 3.59. The van der Waals surface area contributed by atoms with Gasteiger partial charge in [-0.1, -0.05) is 30.3 Å². The lowest BCUT2D eigenvalue weighted by Gasteiger charge is -2.27. The number of aliphatic hydroxyl groups excluding tert-OH is 1. The maximum Gasteiger partial charge on any atom is 0.175 e. The van der Waals surface area contributed by atoms with Crippen molar-refractivity contribution in [3.05, 3.63) is 66.0 Å². The molecule has 1 aromatic carbocycles. The minimum atomic E-state index is -0.457. The van der Waals surface area contributed by atoms with Gasteiger partial charge in [0, 0.05) is 18.8 Å². The number of hydrogen-bond acceptors (Lipinski definition) is 5. The lowest BCUT2D eigenvalue weighted by molar-refractivity contribution is 0.158. The molecule has 3 heterocycles. The first kappa shape index (κ1) is 16.7. The maximum atomic E-state index is 10.6. The van der Waals surface area contributed by atoms with Crippen molar-refractivity contribution in [1.82, 2.24) is 20.0 Å². The second kappa shape index (κ2) is 7.25. The van der Waals surface area contributed by atoms with Crippen molar-refractivity contribution < 1.29 is 5.11 Å². The van der Waals surface area contributed by atoms with E-state index in [-0.39, 0.29) is 6.04 Å². The van der Waals surface area contributed by atoms with E-state index in [0.717, 1.165) is 36.5 Å². The van der Waals surface area contributed by atoms with Crippen LogP contribution in [0.25, 0.3) is 5.82 Å². The Morgan fingerprint density at radius 2 is 1.85 bits per heavy atom. The van der Waals surface area contributed by atoms with Crippen LogP contribution < -0.4 is 4.90 Å². The fourth-order valence-electron chi connectivity index (χ4n) is 3.59. The van der Waals surface area contributed by atoms with E-state index in [4.69, 9.17) is 0 Å². The van der Waals surface area contributed by atoms with Crippen LogP contribution in [0.15, 0.2) is 54.7 Å². The third-order valence-corrected chi connectivity index (χ3v) is 4.94. The van der Waals surface area contributed by atoms with Crippen molar-refractivity contribution in [1.29, 1.82) is 0 Å². The standard InChI is InChI=1S/C20H23N5O/c1-15-11-13-25(23-15)20-10-9-19(21-22-20)24-12-5-8-17(24)14-18(26)16-6-3-2-4-7-16/h2-4,6-7,9-11,13,17-18,26H,5,8,12,14H2,1H3. The summed E-state index contributed by atoms with van der Waals surface area (Å²) in [4.78, 5) is 2.26. The maximum absolute atomic E-state index is 10.6. The SMILES string of the molecule is Cc1ccn(-c2ccc(N3CCCC3CC(O)c3ccccc3)nn2)n1. The molecule has 1 fully saturated rings. The Morgan fingerprint density at radius 1 is 1.08 bits per heavy atom. The van der Waals surface area contributed by atoms with Crippen LogP contribution in [0.1, 0.15) is 36.6 Å². The molecule has 1 aliphatic rings. The van der Waals surface area contributed by atoms with Crippen molar-refractivity contribution in [3.63, 3.8) is 0 Å². The summed E-state index contributed by atoms with van der Waals surface area (Å²) < 4.78 is 1.73. The summed E-state index contributed by atoms with van der Waals surface area (Å²) in [5.41, 5.74) is 1.92. The summed E-state index contributed by atoms with van der Waals surface area (Å²) in [6.45, 7) is 2.90. The van der Waals surface area contributed by atoms with Gasteiger partial charge in [0.25, 0.3) is 0 Å². The number of aliphatic hydroxyl groups is 1. The normalized spacial score (nSPS) is 18.2. The summed E-state index contributed by atoms with van der Waals surface area (Å²) in [5, 5.41) is 23.7. The molecule has 0 saturated carbocycles. The first-order chi connectivity index (χ1) is 12.7. The molecule has 0 radical (unpaired) electrons. The van der Waals surface area contributed by atoms with Crippen LogP contribution in [0.3, 0.4) is 0 Å². The molecule has 134 valence electrons. The van der Waals surface area contributed by atoms with Crippen LogP contribution in [0.5, 0.6) is 0 Å². The number of anilines is 1. The van der Waals surface area contributed by atoms with Crippen molar-refractivity contribution in [2.24, 2.45) is 0 Å². The first-order valence-electron chi connectivity index (χ1n) is 9.07. The molecule has 2 atom stereocenters. The zero-order valence-electron chi connectivity index (χ0n) is 14.9. The smallest absolute Gasteiger partial charge is 0.175 e. The largest absolute Gasteiger partial charge is 0.388 e. The van der Waals surface area contributed by atoms with Gasteiger partial charge in [0.2, 0.25) is 0 Å². The summed E-state index contributed by atoms with van der Waals surface area (Å²) in [5.74, 6) is 1.57. The summed E-state index contributed by atoms with van der Waals surface area (Å²) >= 11 is 0. The zero-order valence-corrected chi connectivity index (χ0v) is 14.9. The average molecular weight is 349 g/mol. The Labute approximate surface area is 153 Å². The van der Waals surface area contributed by atoms with Crippen LogP contribution in [-0.4, -0.2) is 37.7 Å². The Balaban J connectivity index is 1.48. The Bertz CT molecular complexity index is 846. The number of hydrogen-bond donors (Lipinski definition) is 1. The van der Waals surface area contributed by atoms with Crippen LogP contribution in [0, 0.1) is 6.92 Å². The third-order valence-electron chi connectivity index (χ3n) is 4.94. The summed E-state index contributed by atoms with van der Waals surface area (Å²) in [7, 11) is 0. The third kappa shape index (κ3) is 3.46. The number of rotatable bonds is 5. The molecular formula is C20H23N5O. The van der Waals surface area contributed by atoms with Crippen LogP contribution in [0.4, 0.5) is 5.82 Å². The van der Waals surface area contributed by atoms with Gasteiger partial charge in [-0.2, -0.15) is 5.10 Å². The molecule has 0 amide bonds. The van der Waals surface area contributed by atoms with Gasteiger partial charge < -0.3 is 10.0 Å². The van der Waals surface area contributed by atoms with Crippen molar-refractivity contribution in [3.8, 4) is 5.82 Å². The lowest BCUT2D eigenvalue weighted by Crippen LogP contribution is -2.31. The van der Waals surface area contributed by atoms with Gasteiger partial charge in [-0.25, -0.2) is 4.68 Å². The molecule has 1 N–H and O–H groups in total. The van der Waals surface area contributed by atoms with Crippen molar-refractivity contribution in [2.45, 2.75) is 38.3 Å². The first-order valence-corrected chi connectivity index (χ1v) is 9.07. The van der Waals surface area contributed by atoms with Gasteiger partial charge in [0.15, 0.2) is 11.6 Å². The zero-order chi connectivity index (χ0) is 17.9. The van der Waals surface area contributed by atoms with E-state index in [2.05, 4.69) is 20.2 Å². The second-order valence-corrected chi connectivity index (χ2v) is 6.80. The van der Waals surface area contributed by atoms with Gasteiger partial charge in [-0.3, -0.25) is 0 Å². The van der Waals surface area contributed by atoms with Crippen LogP contribution >= 0.6 is 0 Å². The molecule has 0 aliphatic carbocycles. The quantitative estimate of drug-likeness (QED) is 0.767. The van der Waals surface area contributed by atoms with Gasteiger partial charge >= 0.3 is 0 Å². The highest BCUT2D eigenvalue weighted by Gasteiger charge is 2.28. The van der Waals surface area contributed by atoms with E-state index in [1.807, 2.05) is 61.7 Å². The molecule has 6 heteroatoms. The summed E-state index contributed by atoms with van der Waals surface area (Å²) in [6, 6.07) is 16.0. The van der Waals surface area contributed by atoms with E-state index in [0.29, 0.717) is 12.2 Å². The Morgan fingerprint density at radius 3 is 2.54 bits per heavy atom. The molecule has 2 aromatic heterocycles. The molecule has 2 unspecified atom stereocenters. The number of nitrogens with zero attached hydrogens (tertiary/aromatic N) is 5. The average Bonchev–Trinajstić information content (AvgIpc) is 3.31. The predicted molar refractivity (Wildman–Crippen MR) is 100 cm³/mol. The van der Waals surface area contributed by atoms with E-state index < -0.39 is 6.10 Å². The fraction of sp³-hybridized carbons (Fsp3) is 0.350. The minimum Gasteiger partial charge on any atom is -0.388 e. The lowest BCUT2D eigenvalue weighted by atomic mass is 10.0. The molecule has 26 heavy (non-hydrogen) atoms. The summed E-state index contributed by atoms with van der Waals surface area (Å²) in [6.07, 6.45) is 4.29. The second-order valence-electron chi connectivity index (χ2n) is 6.80. The molecule has 0 spiro atoms. The van der Waals surface area contributed by atoms with Gasteiger partial charge in [-0.05, 0) is 49.9 Å². The molecule has 1 saturated heterocycles. The minimum absolute atomic E-state index is 0.275. The van der Waals surface area contributed by atoms with Gasteiger partial charge in [-0.15, -0.1) is 10.2 Å². The number of aryl methyl sites for hydroxylation is 1. The highest BCUT2D eigenvalue weighted by atomic mass is 16.3. The topological polar surface area (TPSA) is 67.1 Å². The van der Waals surface area contributed by atoms with E-state index >= 15 is 0 Å². The van der Waals surface area contributed by atoms with Crippen LogP contribution in [-0.2, 0) is 0 Å². The van der Waals surface area contributed by atoms with E-state index in [1.165, 1.54) is 0 Å². The molecule has 3 aromatic rings. The van der Waals surface area contributed by atoms with E-state index in [1.54, 1.807) is 4.68 Å². The van der Waals surface area contributed by atoms with Gasteiger partial charge in [0.1, 0.15) is 0 Å². The monoisotopic (exact) mass is 349 g/mol. The van der Waals surface area contributed by atoms with Crippen molar-refractivity contribution >= 4 is 5.82 Å². The Hall–Kier alpha value is -2.73. The highest BCUT2D eigenvalue weighted by molar-refractivity contribution is 5.42. The highest BCUT2D eigenvalue weighted by Crippen LogP contribution is 2.30. The van der Waals surface area contributed by atoms with E-state index in [9.17, 15) is 5.11 Å². The number of benzene rings is 1. The Kier molecular flexibility index (Phi) is 4.67.